The summed E-state index contributed by atoms with van der Waals surface area (Å²) in [6.45, 7) is 4.54. The summed E-state index contributed by atoms with van der Waals surface area (Å²) in [7, 11) is 0. The number of hydrogen-bond acceptors (Lipinski definition) is 4. The van der Waals surface area contributed by atoms with Gasteiger partial charge >= 0.3 is 12.0 Å². The van der Waals surface area contributed by atoms with Gasteiger partial charge < -0.3 is 19.9 Å². The van der Waals surface area contributed by atoms with Gasteiger partial charge in [-0.2, -0.15) is 0 Å². The topological polar surface area (TPSA) is 79.0 Å². The first kappa shape index (κ1) is 17.8. The van der Waals surface area contributed by atoms with Crippen LogP contribution in [0.15, 0.2) is 24.3 Å². The quantitative estimate of drug-likeness (QED) is 0.490. The highest BCUT2D eigenvalue weighted by molar-refractivity contribution is 5.92. The number of anilines is 1. The van der Waals surface area contributed by atoms with E-state index >= 15 is 0 Å². The summed E-state index contributed by atoms with van der Waals surface area (Å²) in [5.41, 5.74) is 1.08. The predicted molar refractivity (Wildman–Crippen MR) is 89.9 cm³/mol. The summed E-state index contributed by atoms with van der Waals surface area (Å²) in [4.78, 5) is 37.9. The van der Waals surface area contributed by atoms with Crippen LogP contribution in [0.4, 0.5) is 10.5 Å². The molecule has 7 nitrogen and oxygen atoms in total. The van der Waals surface area contributed by atoms with E-state index < -0.39 is 0 Å². The molecule has 3 amide bonds. The third-order valence-corrected chi connectivity index (χ3v) is 3.85. The second-order valence-corrected chi connectivity index (χ2v) is 5.63. The van der Waals surface area contributed by atoms with Crippen molar-refractivity contribution in [2.24, 2.45) is 0 Å². The van der Waals surface area contributed by atoms with Gasteiger partial charge in [0, 0.05) is 31.9 Å². The molecule has 1 aromatic carbocycles. The number of piperazine rings is 1. The van der Waals surface area contributed by atoms with Crippen molar-refractivity contribution in [3.8, 4) is 0 Å². The lowest BCUT2D eigenvalue weighted by Gasteiger charge is -2.32. The second kappa shape index (κ2) is 8.90. The average Bonchev–Trinajstić information content (AvgIpc) is 2.62. The van der Waals surface area contributed by atoms with Gasteiger partial charge in [0.05, 0.1) is 12.2 Å². The lowest BCUT2D eigenvalue weighted by atomic mass is 10.2. The van der Waals surface area contributed by atoms with E-state index in [4.69, 9.17) is 4.74 Å². The molecule has 1 saturated heterocycles. The van der Waals surface area contributed by atoms with Gasteiger partial charge in [-0.15, -0.1) is 0 Å². The third kappa shape index (κ3) is 4.97. The molecule has 130 valence electrons. The Kier molecular flexibility index (Phi) is 6.60. The van der Waals surface area contributed by atoms with E-state index in [0.29, 0.717) is 44.0 Å². The first-order valence-corrected chi connectivity index (χ1v) is 8.16. The molecular formula is C17H23N3O4. The second-order valence-electron chi connectivity index (χ2n) is 5.63. The smallest absolute Gasteiger partial charge is 0.338 e. The van der Waals surface area contributed by atoms with Gasteiger partial charge in [0.15, 0.2) is 0 Å². The monoisotopic (exact) mass is 333 g/mol. The number of carbonyl (C=O) groups excluding carboxylic acids is 3. The molecule has 1 aliphatic rings. The molecule has 1 aliphatic heterocycles. The Labute approximate surface area is 141 Å². The van der Waals surface area contributed by atoms with Crippen molar-refractivity contribution in [3.63, 3.8) is 0 Å². The van der Waals surface area contributed by atoms with Crippen molar-refractivity contribution in [1.29, 1.82) is 0 Å². The van der Waals surface area contributed by atoms with Gasteiger partial charge in [-0.25, -0.2) is 9.59 Å². The Morgan fingerprint density at radius 3 is 2.42 bits per heavy atom. The van der Waals surface area contributed by atoms with Crippen LogP contribution in [-0.2, 0) is 9.53 Å². The number of esters is 1. The molecule has 0 unspecified atom stereocenters. The van der Waals surface area contributed by atoms with Crippen molar-refractivity contribution >= 4 is 24.1 Å². The fourth-order valence-corrected chi connectivity index (χ4v) is 2.32. The van der Waals surface area contributed by atoms with Crippen LogP contribution >= 0.6 is 0 Å². The SMILES string of the molecule is CCCCOC(=O)c1ccc(NC(=O)N2CCN(C=O)CC2)cc1. The molecule has 0 spiro atoms. The van der Waals surface area contributed by atoms with Gasteiger partial charge in [-0.05, 0) is 30.7 Å². The minimum atomic E-state index is -0.355. The summed E-state index contributed by atoms with van der Waals surface area (Å²) >= 11 is 0. The van der Waals surface area contributed by atoms with Crippen molar-refractivity contribution < 1.29 is 19.1 Å². The largest absolute Gasteiger partial charge is 0.462 e. The number of nitrogens with zero attached hydrogens (tertiary/aromatic N) is 2. The zero-order chi connectivity index (χ0) is 17.4. The van der Waals surface area contributed by atoms with Crippen molar-refractivity contribution in [3.05, 3.63) is 29.8 Å². The van der Waals surface area contributed by atoms with Crippen molar-refractivity contribution in [2.45, 2.75) is 19.8 Å². The Balaban J connectivity index is 1.84. The highest BCUT2D eigenvalue weighted by Crippen LogP contribution is 2.12. The van der Waals surface area contributed by atoms with Crippen LogP contribution in [0.5, 0.6) is 0 Å². The summed E-state index contributed by atoms with van der Waals surface area (Å²) < 4.78 is 5.14. The first-order chi connectivity index (χ1) is 11.6. The molecule has 2 rings (SSSR count). The van der Waals surface area contributed by atoms with E-state index in [-0.39, 0.29) is 12.0 Å². The molecule has 0 aliphatic carbocycles. The van der Waals surface area contributed by atoms with Crippen LogP contribution in [0.2, 0.25) is 0 Å². The summed E-state index contributed by atoms with van der Waals surface area (Å²) in [6, 6.07) is 6.41. The molecule has 1 fully saturated rings. The molecule has 0 aromatic heterocycles. The number of rotatable bonds is 6. The number of amides is 3. The minimum Gasteiger partial charge on any atom is -0.462 e. The fraction of sp³-hybridized carbons (Fsp3) is 0.471. The fourth-order valence-electron chi connectivity index (χ4n) is 2.32. The Bertz CT molecular complexity index is 566. The summed E-state index contributed by atoms with van der Waals surface area (Å²) in [5.74, 6) is -0.355. The number of benzene rings is 1. The number of carbonyl (C=O) groups is 3. The molecule has 0 saturated carbocycles. The molecule has 1 heterocycles. The zero-order valence-corrected chi connectivity index (χ0v) is 13.9. The van der Waals surface area contributed by atoms with Gasteiger partial charge in [0.1, 0.15) is 0 Å². The molecule has 0 atom stereocenters. The van der Waals surface area contributed by atoms with E-state index in [0.717, 1.165) is 19.3 Å². The summed E-state index contributed by atoms with van der Waals surface area (Å²) in [5, 5.41) is 2.79. The van der Waals surface area contributed by atoms with E-state index in [1.165, 1.54) is 0 Å². The van der Waals surface area contributed by atoms with Gasteiger partial charge in [0.2, 0.25) is 6.41 Å². The summed E-state index contributed by atoms with van der Waals surface area (Å²) in [6.07, 6.45) is 2.62. The predicted octanol–water partition coefficient (Wildman–Crippen LogP) is 1.95. The number of ether oxygens (including phenoxy) is 1. The maximum Gasteiger partial charge on any atom is 0.338 e. The zero-order valence-electron chi connectivity index (χ0n) is 13.9. The first-order valence-electron chi connectivity index (χ1n) is 8.16. The lowest BCUT2D eigenvalue weighted by molar-refractivity contribution is -0.119. The molecule has 1 aromatic rings. The highest BCUT2D eigenvalue weighted by Gasteiger charge is 2.20. The van der Waals surface area contributed by atoms with Crippen molar-refractivity contribution in [1.82, 2.24) is 9.80 Å². The Morgan fingerprint density at radius 2 is 1.83 bits per heavy atom. The number of unbranched alkanes of at least 4 members (excludes halogenated alkanes) is 1. The van der Waals surface area contributed by atoms with E-state index in [9.17, 15) is 14.4 Å². The van der Waals surface area contributed by atoms with E-state index in [2.05, 4.69) is 5.32 Å². The molecule has 1 N–H and O–H groups in total. The van der Waals surface area contributed by atoms with Gasteiger partial charge in [-0.3, -0.25) is 4.79 Å². The standard InChI is InChI=1S/C17H23N3O4/c1-2-3-12-24-16(22)14-4-6-15(7-5-14)18-17(23)20-10-8-19(13-21)9-11-20/h4-7,13H,2-3,8-12H2,1H3,(H,18,23). The number of urea groups is 1. The van der Waals surface area contributed by atoms with Crippen LogP contribution in [0.1, 0.15) is 30.1 Å². The Morgan fingerprint density at radius 1 is 1.17 bits per heavy atom. The average molecular weight is 333 g/mol. The van der Waals surface area contributed by atoms with Gasteiger partial charge in [-0.1, -0.05) is 13.3 Å². The molecular weight excluding hydrogens is 310 g/mol. The molecule has 0 bridgehead atoms. The third-order valence-electron chi connectivity index (χ3n) is 3.85. The number of hydrogen-bond donors (Lipinski definition) is 1. The van der Waals surface area contributed by atoms with Gasteiger partial charge in [0.25, 0.3) is 0 Å². The van der Waals surface area contributed by atoms with Crippen LogP contribution in [0.3, 0.4) is 0 Å². The van der Waals surface area contributed by atoms with E-state index in [1.54, 1.807) is 34.1 Å². The van der Waals surface area contributed by atoms with Crippen molar-refractivity contribution in [2.75, 3.05) is 38.1 Å². The lowest BCUT2D eigenvalue weighted by Crippen LogP contribution is -2.49. The minimum absolute atomic E-state index is 0.209. The number of nitrogens with one attached hydrogen (secondary N) is 1. The molecule has 24 heavy (non-hydrogen) atoms. The highest BCUT2D eigenvalue weighted by atomic mass is 16.5. The van der Waals surface area contributed by atoms with Crippen LogP contribution < -0.4 is 5.32 Å². The van der Waals surface area contributed by atoms with Crippen LogP contribution in [0, 0.1) is 0 Å². The molecule has 7 heteroatoms. The Hall–Kier alpha value is -2.57. The van der Waals surface area contributed by atoms with Crippen LogP contribution in [0.25, 0.3) is 0 Å². The molecule has 0 radical (unpaired) electrons. The van der Waals surface area contributed by atoms with Crippen LogP contribution in [-0.4, -0.2) is 61.0 Å². The normalized spacial score (nSPS) is 14.2. The maximum absolute atomic E-state index is 12.2. The van der Waals surface area contributed by atoms with E-state index in [1.807, 2.05) is 6.92 Å². The maximum atomic E-state index is 12.2.